The van der Waals surface area contributed by atoms with Crippen molar-refractivity contribution in [2.45, 2.75) is 63.4 Å². The van der Waals surface area contributed by atoms with Crippen LogP contribution in [-0.2, 0) is 34.7 Å². The molecule has 0 aliphatic heterocycles. The van der Waals surface area contributed by atoms with Crippen LogP contribution in [0.5, 0.6) is 0 Å². The van der Waals surface area contributed by atoms with Crippen molar-refractivity contribution in [3.63, 3.8) is 0 Å². The highest BCUT2D eigenvalue weighted by Gasteiger charge is 2.57. The molecular weight excluding hydrogens is 532 g/mol. The fraction of sp³-hybridized carbons (Fsp3) is 0.429. The molecule has 6 heteroatoms. The van der Waals surface area contributed by atoms with Crippen LogP contribution in [0.3, 0.4) is 0 Å². The minimum atomic E-state index is -0.616. The predicted octanol–water partition coefficient (Wildman–Crippen LogP) is 7.60. The Kier molecular flexibility index (Phi) is 10.2. The summed E-state index contributed by atoms with van der Waals surface area (Å²) >= 11 is 0. The van der Waals surface area contributed by atoms with E-state index in [-0.39, 0.29) is 6.61 Å². The molecular formula is C35H43O5S+. The zero-order chi connectivity index (χ0) is 29.6. The minimum Gasteiger partial charge on any atom is -0.482 e. The number of benzene rings is 1. The summed E-state index contributed by atoms with van der Waals surface area (Å²) in [7, 11) is -0.464. The molecule has 5 rings (SSSR count). The first kappa shape index (κ1) is 30.7. The van der Waals surface area contributed by atoms with Gasteiger partial charge in [0.1, 0.15) is 11.4 Å². The Morgan fingerprint density at radius 2 is 1.59 bits per heavy atom. The molecule has 1 atom stereocenters. The first-order valence-corrected chi connectivity index (χ1v) is 15.7. The molecule has 4 saturated carbocycles. The van der Waals surface area contributed by atoms with Gasteiger partial charge in [0.15, 0.2) is 27.9 Å². The van der Waals surface area contributed by atoms with Crippen LogP contribution in [0, 0.1) is 23.7 Å². The molecule has 1 aromatic rings. The summed E-state index contributed by atoms with van der Waals surface area (Å²) in [6.45, 7) is 17.3. The van der Waals surface area contributed by atoms with Gasteiger partial charge in [-0.1, -0.05) is 37.4 Å². The lowest BCUT2D eigenvalue weighted by Gasteiger charge is -2.59. The van der Waals surface area contributed by atoms with E-state index in [1.165, 1.54) is 6.42 Å². The van der Waals surface area contributed by atoms with Crippen LogP contribution in [0.15, 0.2) is 106 Å². The second-order valence-electron chi connectivity index (χ2n) is 11.5. The fourth-order valence-corrected chi connectivity index (χ4v) is 9.01. The zero-order valence-corrected chi connectivity index (χ0v) is 25.4. The van der Waals surface area contributed by atoms with Gasteiger partial charge in [-0.3, -0.25) is 0 Å². The SMILES string of the molecule is C=C/C=C(\C=C)[S+](C(=C)/C=C(C)\C(=C\C)OCC(=O)OCC(=O)OC1(C)C2CC3CC(C2)CC1C3)c1ccccc1. The summed E-state index contributed by atoms with van der Waals surface area (Å²) in [5.41, 5.74) is 0.371. The quantitative estimate of drug-likeness (QED) is 0.105. The summed E-state index contributed by atoms with van der Waals surface area (Å²) in [5.74, 6) is 1.84. The lowest BCUT2D eigenvalue weighted by atomic mass is 9.50. The third-order valence-corrected chi connectivity index (χ3v) is 10.9. The third kappa shape index (κ3) is 7.16. The maximum atomic E-state index is 12.7. The molecule has 0 heterocycles. The number of hydrogen-bond donors (Lipinski definition) is 0. The molecule has 4 aliphatic rings. The number of hydrogen-bond acceptors (Lipinski definition) is 5. The second-order valence-corrected chi connectivity index (χ2v) is 13.6. The normalized spacial score (nSPS) is 28.0. The molecule has 0 saturated heterocycles. The van der Waals surface area contributed by atoms with Crippen LogP contribution in [0.1, 0.15) is 52.9 Å². The molecule has 41 heavy (non-hydrogen) atoms. The van der Waals surface area contributed by atoms with Gasteiger partial charge in [0.05, 0.1) is 10.9 Å². The first-order valence-electron chi connectivity index (χ1n) is 14.5. The smallest absolute Gasteiger partial charge is 0.344 e. The van der Waals surface area contributed by atoms with Crippen molar-refractivity contribution < 1.29 is 23.8 Å². The number of rotatable bonds is 13. The van der Waals surface area contributed by atoms with Crippen LogP contribution < -0.4 is 0 Å². The summed E-state index contributed by atoms with van der Waals surface area (Å²) in [4.78, 5) is 28.1. The number of carbonyl (C=O) groups excluding carboxylic acids is 2. The van der Waals surface area contributed by atoms with E-state index in [0.717, 1.165) is 57.8 Å². The molecule has 0 amide bonds. The Balaban J connectivity index is 1.31. The van der Waals surface area contributed by atoms with Gasteiger partial charge in [-0.2, -0.15) is 0 Å². The average molecular weight is 576 g/mol. The minimum absolute atomic E-state index is 0.310. The van der Waals surface area contributed by atoms with Crippen LogP contribution >= 0.6 is 0 Å². The van der Waals surface area contributed by atoms with Gasteiger partial charge in [-0.15, -0.1) is 0 Å². The average Bonchev–Trinajstić information content (AvgIpc) is 2.95. The van der Waals surface area contributed by atoms with Crippen molar-refractivity contribution in [3.05, 3.63) is 102 Å². The van der Waals surface area contributed by atoms with Gasteiger partial charge < -0.3 is 14.2 Å². The molecule has 1 unspecified atom stereocenters. The van der Waals surface area contributed by atoms with Crippen LogP contribution in [0.2, 0.25) is 0 Å². The van der Waals surface area contributed by atoms with E-state index in [1.807, 2.05) is 50.3 Å². The number of esters is 2. The summed E-state index contributed by atoms with van der Waals surface area (Å²) < 4.78 is 17.0. The Hall–Kier alpha value is -3.25. The molecule has 218 valence electrons. The lowest BCUT2D eigenvalue weighted by molar-refractivity contribution is -0.207. The lowest BCUT2D eigenvalue weighted by Crippen LogP contribution is -2.58. The van der Waals surface area contributed by atoms with E-state index in [4.69, 9.17) is 14.2 Å². The Morgan fingerprint density at radius 1 is 0.976 bits per heavy atom. The maximum absolute atomic E-state index is 12.7. The van der Waals surface area contributed by atoms with E-state index >= 15 is 0 Å². The van der Waals surface area contributed by atoms with Gasteiger partial charge in [0.2, 0.25) is 0 Å². The number of carbonyl (C=O) groups is 2. The largest absolute Gasteiger partial charge is 0.482 e. The highest BCUT2D eigenvalue weighted by molar-refractivity contribution is 8.04. The third-order valence-electron chi connectivity index (χ3n) is 8.78. The standard InChI is InChI=1S/C35H43O5S/c1-7-13-30(8-2)41(31-14-11-10-12-15-31)25(5)16-24(4)32(9-3)38-22-33(36)39-23-34(37)40-35(6)28-18-26-17-27(20-28)21-29(35)19-26/h7-16,26-29H,1-2,5,17-23H2,3-4,6H3/q+1/b24-16-,30-13+,32-9-. The van der Waals surface area contributed by atoms with Gasteiger partial charge >= 0.3 is 11.9 Å². The molecule has 0 radical (unpaired) electrons. The monoisotopic (exact) mass is 575 g/mol. The van der Waals surface area contributed by atoms with Crippen LogP contribution in [0.25, 0.3) is 0 Å². The van der Waals surface area contributed by atoms with E-state index < -0.39 is 35.0 Å². The molecule has 4 aliphatic carbocycles. The van der Waals surface area contributed by atoms with E-state index in [0.29, 0.717) is 17.6 Å². The Bertz CT molecular complexity index is 1230. The Labute approximate surface area is 248 Å². The maximum Gasteiger partial charge on any atom is 0.344 e. The van der Waals surface area contributed by atoms with Gasteiger partial charge in [-0.05, 0) is 119 Å². The molecule has 0 aromatic heterocycles. The van der Waals surface area contributed by atoms with Crippen molar-refractivity contribution in [2.24, 2.45) is 23.7 Å². The van der Waals surface area contributed by atoms with Crippen LogP contribution in [0.4, 0.5) is 0 Å². The zero-order valence-electron chi connectivity index (χ0n) is 24.6. The van der Waals surface area contributed by atoms with Crippen molar-refractivity contribution in [2.75, 3.05) is 13.2 Å². The Morgan fingerprint density at radius 3 is 2.15 bits per heavy atom. The van der Waals surface area contributed by atoms with Gasteiger partial charge in [-0.25, -0.2) is 9.59 Å². The van der Waals surface area contributed by atoms with Crippen LogP contribution in [-0.4, -0.2) is 30.8 Å². The summed E-state index contributed by atoms with van der Waals surface area (Å²) in [5, 5.41) is 0. The number of ether oxygens (including phenoxy) is 3. The van der Waals surface area contributed by atoms with Gasteiger partial charge in [0.25, 0.3) is 0 Å². The van der Waals surface area contributed by atoms with E-state index in [9.17, 15) is 9.59 Å². The molecule has 1 aromatic carbocycles. The van der Waals surface area contributed by atoms with E-state index in [1.54, 1.807) is 12.2 Å². The molecule has 4 bridgehead atoms. The fourth-order valence-electron chi connectivity index (χ4n) is 7.01. The second kappa shape index (κ2) is 13.6. The summed E-state index contributed by atoms with van der Waals surface area (Å²) in [6, 6.07) is 10.1. The van der Waals surface area contributed by atoms with Crippen molar-refractivity contribution >= 4 is 22.8 Å². The highest BCUT2D eigenvalue weighted by Crippen LogP contribution is 2.59. The molecule has 5 nitrogen and oxygen atoms in total. The van der Waals surface area contributed by atoms with E-state index in [2.05, 4.69) is 38.8 Å². The van der Waals surface area contributed by atoms with Crippen molar-refractivity contribution in [1.29, 1.82) is 0 Å². The van der Waals surface area contributed by atoms with Gasteiger partial charge in [0, 0.05) is 6.08 Å². The molecule has 4 fully saturated rings. The van der Waals surface area contributed by atoms with Crippen molar-refractivity contribution in [3.8, 4) is 0 Å². The molecule has 0 N–H and O–H groups in total. The van der Waals surface area contributed by atoms with Crippen molar-refractivity contribution in [1.82, 2.24) is 0 Å². The highest BCUT2D eigenvalue weighted by atomic mass is 32.2. The topological polar surface area (TPSA) is 61.8 Å². The summed E-state index contributed by atoms with van der Waals surface area (Å²) in [6.07, 6.45) is 15.2. The molecule has 0 spiro atoms. The predicted molar refractivity (Wildman–Crippen MR) is 166 cm³/mol. The first-order chi connectivity index (χ1) is 19.7. The number of allylic oxidation sites excluding steroid dienone is 6.